The van der Waals surface area contributed by atoms with Crippen LogP contribution in [0.2, 0.25) is 10.0 Å². The first-order valence-electron chi connectivity index (χ1n) is 5.17. The molecule has 2 aromatic carbocycles. The number of carbonyl (C=O) groups excluding carboxylic acids is 1. The predicted molar refractivity (Wildman–Crippen MR) is 71.1 cm³/mol. The molecule has 1 nitrogen and oxygen atoms in total. The van der Waals surface area contributed by atoms with Crippen LogP contribution < -0.4 is 0 Å². The summed E-state index contributed by atoms with van der Waals surface area (Å²) in [6, 6.07) is 12.8. The highest BCUT2D eigenvalue weighted by molar-refractivity contribution is 6.33. The van der Waals surface area contributed by atoms with E-state index in [-0.39, 0.29) is 0 Å². The molecule has 0 aromatic heterocycles. The van der Waals surface area contributed by atoms with E-state index in [2.05, 4.69) is 0 Å². The monoisotopic (exact) mass is 264 g/mol. The van der Waals surface area contributed by atoms with Gasteiger partial charge >= 0.3 is 0 Å². The van der Waals surface area contributed by atoms with Crippen LogP contribution in [0.15, 0.2) is 42.5 Å². The molecule has 0 N–H and O–H groups in total. The zero-order valence-electron chi connectivity index (χ0n) is 8.99. The summed E-state index contributed by atoms with van der Waals surface area (Å²) < 4.78 is 0. The molecule has 0 fully saturated rings. The normalized spacial score (nSPS) is 10.2. The van der Waals surface area contributed by atoms with Crippen LogP contribution in [0.25, 0.3) is 0 Å². The first-order valence-corrected chi connectivity index (χ1v) is 5.92. The van der Waals surface area contributed by atoms with Gasteiger partial charge in [-0.05, 0) is 35.7 Å². The van der Waals surface area contributed by atoms with E-state index in [9.17, 15) is 4.79 Å². The molecule has 0 atom stereocenters. The number of halogens is 2. The summed E-state index contributed by atoms with van der Waals surface area (Å²) in [5, 5.41) is 1.38. The molecule has 0 unspecified atom stereocenters. The van der Waals surface area contributed by atoms with E-state index >= 15 is 0 Å². The van der Waals surface area contributed by atoms with Gasteiger partial charge in [0.1, 0.15) is 6.29 Å². The van der Waals surface area contributed by atoms with E-state index in [1.165, 1.54) is 0 Å². The van der Waals surface area contributed by atoms with Crippen molar-refractivity contribution in [2.24, 2.45) is 0 Å². The number of rotatable bonds is 3. The fourth-order valence-corrected chi connectivity index (χ4v) is 1.99. The zero-order chi connectivity index (χ0) is 12.3. The fraction of sp³-hybridized carbons (Fsp3) is 0.0714. The molecule has 0 aliphatic carbocycles. The van der Waals surface area contributed by atoms with Gasteiger partial charge in [-0.3, -0.25) is 4.79 Å². The Kier molecular flexibility index (Phi) is 3.82. The average molecular weight is 265 g/mol. The quantitative estimate of drug-likeness (QED) is 0.752. The van der Waals surface area contributed by atoms with Crippen LogP contribution in [0.1, 0.15) is 21.5 Å². The number of benzene rings is 2. The lowest BCUT2D eigenvalue weighted by Crippen LogP contribution is -1.90. The van der Waals surface area contributed by atoms with Crippen molar-refractivity contribution < 1.29 is 4.79 Å². The summed E-state index contributed by atoms with van der Waals surface area (Å²) in [6.07, 6.45) is 1.54. The predicted octanol–water partition coefficient (Wildman–Crippen LogP) is 4.40. The van der Waals surface area contributed by atoms with Gasteiger partial charge in [-0.25, -0.2) is 0 Å². The molecule has 0 saturated heterocycles. The summed E-state index contributed by atoms with van der Waals surface area (Å²) >= 11 is 12.0. The van der Waals surface area contributed by atoms with Crippen molar-refractivity contribution in [2.75, 3.05) is 0 Å². The standard InChI is InChI=1S/C14H10Cl2O/c15-13-5-6-14(16)12(8-13)7-10-1-3-11(9-17)4-2-10/h1-6,8-9H,7H2. The maximum atomic E-state index is 10.5. The van der Waals surface area contributed by atoms with E-state index in [1.807, 2.05) is 18.2 Å². The molecule has 0 bridgehead atoms. The molecule has 0 spiro atoms. The van der Waals surface area contributed by atoms with E-state index in [0.29, 0.717) is 22.0 Å². The van der Waals surface area contributed by atoms with Crippen LogP contribution >= 0.6 is 23.2 Å². The minimum Gasteiger partial charge on any atom is -0.298 e. The SMILES string of the molecule is O=Cc1ccc(Cc2cc(Cl)ccc2Cl)cc1. The van der Waals surface area contributed by atoms with Crippen LogP contribution in [-0.2, 0) is 6.42 Å². The Hall–Kier alpha value is -1.31. The summed E-state index contributed by atoms with van der Waals surface area (Å²) in [5.41, 5.74) is 2.75. The Labute approximate surface area is 110 Å². The first-order chi connectivity index (χ1) is 8.19. The summed E-state index contributed by atoms with van der Waals surface area (Å²) in [6.45, 7) is 0. The van der Waals surface area contributed by atoms with Gasteiger partial charge in [0, 0.05) is 15.6 Å². The number of aldehydes is 1. The molecule has 0 heterocycles. The largest absolute Gasteiger partial charge is 0.298 e. The summed E-state index contributed by atoms with van der Waals surface area (Å²) in [5.74, 6) is 0. The topological polar surface area (TPSA) is 17.1 Å². The van der Waals surface area contributed by atoms with Gasteiger partial charge in [-0.15, -0.1) is 0 Å². The highest BCUT2D eigenvalue weighted by atomic mass is 35.5. The van der Waals surface area contributed by atoms with Gasteiger partial charge in [-0.2, -0.15) is 0 Å². The van der Waals surface area contributed by atoms with Crippen molar-refractivity contribution in [2.45, 2.75) is 6.42 Å². The summed E-state index contributed by atoms with van der Waals surface area (Å²) in [4.78, 5) is 10.5. The average Bonchev–Trinajstić information content (AvgIpc) is 2.35. The van der Waals surface area contributed by atoms with Gasteiger partial charge in [0.05, 0.1) is 0 Å². The molecule has 0 aliphatic heterocycles. The van der Waals surface area contributed by atoms with Gasteiger partial charge in [0.25, 0.3) is 0 Å². The fourth-order valence-electron chi connectivity index (χ4n) is 1.61. The third-order valence-corrected chi connectivity index (χ3v) is 3.12. The molecule has 0 saturated carbocycles. The molecule has 0 aliphatic rings. The maximum absolute atomic E-state index is 10.5. The maximum Gasteiger partial charge on any atom is 0.150 e. The lowest BCUT2D eigenvalue weighted by atomic mass is 10.0. The molecule has 0 amide bonds. The first kappa shape index (κ1) is 12.2. The Bertz CT molecular complexity index is 532. The second-order valence-electron chi connectivity index (χ2n) is 3.77. The van der Waals surface area contributed by atoms with Crippen molar-refractivity contribution in [1.29, 1.82) is 0 Å². The molecular formula is C14H10Cl2O. The van der Waals surface area contributed by atoms with Crippen LogP contribution in [0.4, 0.5) is 0 Å². The van der Waals surface area contributed by atoms with Gasteiger partial charge < -0.3 is 0 Å². The van der Waals surface area contributed by atoms with Gasteiger partial charge in [0.15, 0.2) is 0 Å². The Morgan fingerprint density at radius 1 is 1.00 bits per heavy atom. The van der Waals surface area contributed by atoms with Crippen molar-refractivity contribution in [3.63, 3.8) is 0 Å². The molecule has 17 heavy (non-hydrogen) atoms. The van der Waals surface area contributed by atoms with Crippen LogP contribution in [0.3, 0.4) is 0 Å². The van der Waals surface area contributed by atoms with Crippen molar-refractivity contribution in [1.82, 2.24) is 0 Å². The second-order valence-corrected chi connectivity index (χ2v) is 4.62. The van der Waals surface area contributed by atoms with Crippen molar-refractivity contribution in [3.05, 3.63) is 69.2 Å². The molecule has 0 radical (unpaired) electrons. The number of hydrogen-bond acceptors (Lipinski definition) is 1. The second kappa shape index (κ2) is 5.35. The molecule has 2 rings (SSSR count). The highest BCUT2D eigenvalue weighted by Crippen LogP contribution is 2.23. The highest BCUT2D eigenvalue weighted by Gasteiger charge is 2.03. The lowest BCUT2D eigenvalue weighted by Gasteiger charge is -2.05. The van der Waals surface area contributed by atoms with E-state index in [0.717, 1.165) is 17.4 Å². The molecule has 2 aromatic rings. The van der Waals surface area contributed by atoms with Gasteiger partial charge in [0.2, 0.25) is 0 Å². The van der Waals surface area contributed by atoms with Crippen LogP contribution in [0.5, 0.6) is 0 Å². The number of hydrogen-bond donors (Lipinski definition) is 0. The minimum atomic E-state index is 0.672. The smallest absolute Gasteiger partial charge is 0.150 e. The summed E-state index contributed by atoms with van der Waals surface area (Å²) in [7, 11) is 0. The van der Waals surface area contributed by atoms with Crippen molar-refractivity contribution in [3.8, 4) is 0 Å². The van der Waals surface area contributed by atoms with E-state index in [4.69, 9.17) is 23.2 Å². The number of carbonyl (C=O) groups is 1. The third-order valence-electron chi connectivity index (χ3n) is 2.52. The Morgan fingerprint density at radius 2 is 1.71 bits per heavy atom. The third kappa shape index (κ3) is 3.09. The lowest BCUT2D eigenvalue weighted by molar-refractivity contribution is 0.112. The molecular weight excluding hydrogens is 255 g/mol. The Balaban J connectivity index is 2.24. The van der Waals surface area contributed by atoms with E-state index in [1.54, 1.807) is 24.3 Å². The van der Waals surface area contributed by atoms with Crippen molar-refractivity contribution >= 4 is 29.5 Å². The molecule has 86 valence electrons. The molecule has 3 heteroatoms. The van der Waals surface area contributed by atoms with Crippen LogP contribution in [-0.4, -0.2) is 6.29 Å². The zero-order valence-corrected chi connectivity index (χ0v) is 10.5. The van der Waals surface area contributed by atoms with Gasteiger partial charge in [-0.1, -0.05) is 47.5 Å². The van der Waals surface area contributed by atoms with E-state index < -0.39 is 0 Å². The minimum absolute atomic E-state index is 0.672. The van der Waals surface area contributed by atoms with Crippen LogP contribution in [0, 0.1) is 0 Å². The Morgan fingerprint density at radius 3 is 2.35 bits per heavy atom.